The Kier molecular flexibility index (Phi) is 22.4. The maximum atomic E-state index is 14.4. The fourth-order valence-electron chi connectivity index (χ4n) is 7.70. The van der Waals surface area contributed by atoms with Gasteiger partial charge in [-0.3, -0.25) is 38.4 Å². The van der Waals surface area contributed by atoms with E-state index in [-0.39, 0.29) is 68.0 Å². The number of benzene rings is 2. The molecule has 2 aliphatic rings. The van der Waals surface area contributed by atoms with Crippen LogP contribution >= 0.6 is 0 Å². The third-order valence-corrected chi connectivity index (χ3v) is 11.2. The second-order valence-corrected chi connectivity index (χ2v) is 18.6. The summed E-state index contributed by atoms with van der Waals surface area (Å²) in [5.74, 6) is -6.47. The number of phenols is 1. The summed E-state index contributed by atoms with van der Waals surface area (Å²) in [5.41, 5.74) is 6.03. The fourth-order valence-corrected chi connectivity index (χ4v) is 7.70. The zero-order chi connectivity index (χ0) is 50.7. The van der Waals surface area contributed by atoms with Gasteiger partial charge in [0.05, 0.1) is 6.54 Å². The van der Waals surface area contributed by atoms with Gasteiger partial charge in [0, 0.05) is 32.2 Å². The molecule has 19 heteroatoms. The van der Waals surface area contributed by atoms with E-state index >= 15 is 0 Å². The van der Waals surface area contributed by atoms with Gasteiger partial charge in [-0.1, -0.05) is 90.9 Å². The van der Waals surface area contributed by atoms with Gasteiger partial charge in [-0.05, 0) is 73.6 Å². The van der Waals surface area contributed by atoms with Gasteiger partial charge in [0.2, 0.25) is 47.3 Å². The van der Waals surface area contributed by atoms with Gasteiger partial charge in [-0.15, -0.1) is 0 Å². The molecule has 2 aliphatic heterocycles. The first kappa shape index (κ1) is 55.8. The molecule has 0 radical (unpaired) electrons. The zero-order valence-electron chi connectivity index (χ0n) is 40.6. The average molecular weight is 949 g/mol. The summed E-state index contributed by atoms with van der Waals surface area (Å²) in [6.45, 7) is 13.7. The minimum absolute atomic E-state index is 0.0147. The second kappa shape index (κ2) is 27.3. The average Bonchev–Trinajstić information content (AvgIpc) is 3.76. The maximum absolute atomic E-state index is 14.4. The van der Waals surface area contributed by atoms with E-state index in [4.69, 9.17) is 10.5 Å². The molecule has 8 amide bonds. The summed E-state index contributed by atoms with van der Waals surface area (Å²) in [4.78, 5) is 122. The van der Waals surface area contributed by atoms with E-state index < -0.39 is 96.2 Å². The van der Waals surface area contributed by atoms with Crippen LogP contribution < -0.4 is 37.6 Å². The molecule has 0 aliphatic carbocycles. The molecule has 2 aromatic carbocycles. The molecule has 0 aromatic heterocycles. The van der Waals surface area contributed by atoms with E-state index in [1.807, 2.05) is 40.7 Å². The van der Waals surface area contributed by atoms with Gasteiger partial charge in [0.15, 0.2) is 0 Å². The molecule has 2 fully saturated rings. The predicted molar refractivity (Wildman–Crippen MR) is 253 cm³/mol. The number of nitrogens with two attached hydrogens (primary N) is 1. The summed E-state index contributed by atoms with van der Waals surface area (Å²) in [6, 6.07) is 7.40. The summed E-state index contributed by atoms with van der Waals surface area (Å²) < 4.78 is 5.82. The third kappa shape index (κ3) is 18.3. The Morgan fingerprint density at radius 1 is 0.765 bits per heavy atom. The van der Waals surface area contributed by atoms with Gasteiger partial charge in [-0.25, -0.2) is 4.79 Å². The standard InChI is InChI=1S/C45H63N7O10.C4H9NO/c1-25(2)20-34-44(60)52-19-11-14-35(52)42(58)48-32(22-29-12-9-8-10-13-29)40(56)47-33(23-30-15-17-31(53)18-16-30)41(57)51-38(27(5)6)45(61)62-28(7)39(43(59)49-34)50-37(55)24-46-36(54)21-26(3)4;1-2-3-4(5)6/h8-10,12-13,15-18,25-28,32-35,38-39,53H,11,14,19-24H2,1-7H3,(H,46,54)(H,47,56)(H,48,58)(H,49,59)(H,50,55)(H,51,57);2-3H2,1H3,(H2,5,6)/t28?,32?,33?,34?,35?,38?,39-;/m0./s1. The van der Waals surface area contributed by atoms with Crippen LogP contribution in [0.4, 0.5) is 0 Å². The van der Waals surface area contributed by atoms with E-state index in [1.165, 1.54) is 24.0 Å². The molecule has 19 nitrogen and oxygen atoms in total. The molecule has 374 valence electrons. The molecule has 68 heavy (non-hydrogen) atoms. The topological polar surface area (TPSA) is 285 Å². The molecule has 7 atom stereocenters. The number of rotatable bonds is 14. The number of amides is 8. The Morgan fingerprint density at radius 3 is 1.88 bits per heavy atom. The monoisotopic (exact) mass is 949 g/mol. The van der Waals surface area contributed by atoms with Crippen LogP contribution in [-0.2, 0) is 60.7 Å². The van der Waals surface area contributed by atoms with Crippen LogP contribution in [0, 0.1) is 17.8 Å². The molecule has 2 heterocycles. The number of nitrogens with one attached hydrogen (secondary N) is 6. The number of esters is 1. The molecule has 4 rings (SSSR count). The highest BCUT2D eigenvalue weighted by atomic mass is 16.5. The van der Waals surface area contributed by atoms with E-state index in [0.717, 1.165) is 6.42 Å². The summed E-state index contributed by atoms with van der Waals surface area (Å²) in [5, 5.41) is 26.1. The molecule has 0 saturated carbocycles. The first-order valence-corrected chi connectivity index (χ1v) is 23.5. The number of hydrogen-bond acceptors (Lipinski definition) is 11. The first-order chi connectivity index (χ1) is 32.1. The van der Waals surface area contributed by atoms with E-state index in [2.05, 4.69) is 31.9 Å². The highest BCUT2D eigenvalue weighted by Crippen LogP contribution is 2.22. The van der Waals surface area contributed by atoms with Crippen molar-refractivity contribution in [3.63, 3.8) is 0 Å². The number of fused-ring (bicyclic) bond motifs is 1. The Balaban J connectivity index is 0.00000191. The van der Waals surface area contributed by atoms with Crippen molar-refractivity contribution in [2.75, 3.05) is 13.1 Å². The highest BCUT2D eigenvalue weighted by molar-refractivity contribution is 5.98. The number of nitrogens with zero attached hydrogens (tertiary/aromatic N) is 1. The van der Waals surface area contributed by atoms with Gasteiger partial charge >= 0.3 is 5.97 Å². The number of aromatic hydroxyl groups is 1. The lowest BCUT2D eigenvalue weighted by Gasteiger charge is -2.32. The number of carbonyl (C=O) groups excluding carboxylic acids is 9. The minimum atomic E-state index is -1.57. The molecule has 6 unspecified atom stereocenters. The minimum Gasteiger partial charge on any atom is -0.508 e. The molecular weight excluding hydrogens is 877 g/mol. The Hall–Kier alpha value is -6.53. The number of phenolic OH excluding ortho intramolecular Hbond substituents is 1. The molecule has 0 bridgehead atoms. The SMILES string of the molecule is CC(C)CC(=O)NCC(=O)N[C@@H]1C(=O)NC(CC(C)C)C(=O)N2CCCC2C(=O)NC(Cc2ccccc2)C(=O)NC(Cc2ccc(O)cc2)C(=O)NC(C(C)C)C(=O)OC1C.CCCC(N)=O. The fraction of sp³-hybridized carbons (Fsp3) is 0.571. The van der Waals surface area contributed by atoms with Crippen molar-refractivity contribution < 1.29 is 53.0 Å². The quantitative estimate of drug-likeness (QED) is 0.126. The van der Waals surface area contributed by atoms with Crippen LogP contribution in [0.3, 0.4) is 0 Å². The number of primary amides is 1. The second-order valence-electron chi connectivity index (χ2n) is 18.6. The Bertz CT molecular complexity index is 2050. The maximum Gasteiger partial charge on any atom is 0.329 e. The van der Waals surface area contributed by atoms with Crippen molar-refractivity contribution in [2.45, 2.75) is 149 Å². The number of carbonyl (C=O) groups is 9. The van der Waals surface area contributed by atoms with E-state index in [0.29, 0.717) is 24.0 Å². The summed E-state index contributed by atoms with van der Waals surface area (Å²) in [7, 11) is 0. The lowest BCUT2D eigenvalue weighted by Crippen LogP contribution is -2.60. The predicted octanol–water partition coefficient (Wildman–Crippen LogP) is 1.67. The van der Waals surface area contributed by atoms with Crippen molar-refractivity contribution in [1.82, 2.24) is 36.8 Å². The van der Waals surface area contributed by atoms with Crippen molar-refractivity contribution in [2.24, 2.45) is 23.5 Å². The van der Waals surface area contributed by atoms with Crippen LogP contribution in [0.25, 0.3) is 0 Å². The van der Waals surface area contributed by atoms with Crippen LogP contribution in [0.2, 0.25) is 0 Å². The normalized spacial score (nSPS) is 23.0. The largest absolute Gasteiger partial charge is 0.508 e. The Morgan fingerprint density at radius 2 is 1.34 bits per heavy atom. The number of cyclic esters (lactones) is 1. The highest BCUT2D eigenvalue weighted by Gasteiger charge is 2.42. The van der Waals surface area contributed by atoms with Gasteiger partial charge in [0.1, 0.15) is 48.1 Å². The van der Waals surface area contributed by atoms with E-state index in [1.54, 1.807) is 50.2 Å². The lowest BCUT2D eigenvalue weighted by molar-refractivity contribution is -0.157. The number of ether oxygens (including phenoxy) is 1. The van der Waals surface area contributed by atoms with Crippen LogP contribution in [0.1, 0.15) is 105 Å². The summed E-state index contributed by atoms with van der Waals surface area (Å²) in [6.07, 6.45) is 1.00. The van der Waals surface area contributed by atoms with Crippen LogP contribution in [-0.4, -0.2) is 119 Å². The van der Waals surface area contributed by atoms with Gasteiger partial charge in [0.25, 0.3) is 0 Å². The van der Waals surface area contributed by atoms with Gasteiger partial charge in [-0.2, -0.15) is 0 Å². The third-order valence-electron chi connectivity index (χ3n) is 11.2. The van der Waals surface area contributed by atoms with Gasteiger partial charge < -0.3 is 52.4 Å². The molecular formula is C49H72N8O11. The van der Waals surface area contributed by atoms with Crippen molar-refractivity contribution in [3.05, 3.63) is 65.7 Å². The molecule has 0 spiro atoms. The van der Waals surface area contributed by atoms with Crippen LogP contribution in [0.5, 0.6) is 5.75 Å². The molecule has 2 saturated heterocycles. The first-order valence-electron chi connectivity index (χ1n) is 23.5. The smallest absolute Gasteiger partial charge is 0.329 e. The zero-order valence-corrected chi connectivity index (χ0v) is 40.6. The van der Waals surface area contributed by atoms with Crippen molar-refractivity contribution in [1.29, 1.82) is 0 Å². The van der Waals surface area contributed by atoms with Crippen molar-refractivity contribution in [3.8, 4) is 5.75 Å². The van der Waals surface area contributed by atoms with Crippen molar-refractivity contribution >= 4 is 53.2 Å². The van der Waals surface area contributed by atoms with Crippen LogP contribution in [0.15, 0.2) is 54.6 Å². The Labute approximate surface area is 399 Å². The van der Waals surface area contributed by atoms with E-state index in [9.17, 15) is 48.3 Å². The number of hydrogen-bond donors (Lipinski definition) is 8. The summed E-state index contributed by atoms with van der Waals surface area (Å²) >= 11 is 0. The molecule has 9 N–H and O–H groups in total. The molecule has 2 aromatic rings. The lowest BCUT2D eigenvalue weighted by atomic mass is 10.00.